The van der Waals surface area contributed by atoms with E-state index in [1.807, 2.05) is 60.7 Å². The van der Waals surface area contributed by atoms with E-state index in [-0.39, 0.29) is 6.61 Å². The number of nitrogens with zero attached hydrogens (tertiary/aromatic N) is 1. The number of hydrogen-bond acceptors (Lipinski definition) is 6. The van der Waals surface area contributed by atoms with Crippen LogP contribution in [0, 0.1) is 0 Å². The van der Waals surface area contributed by atoms with Crippen LogP contribution in [-0.2, 0) is 30.4 Å². The first-order valence-electron chi connectivity index (χ1n) is 8.43. The molecular formula is C20H21NO5. The molecule has 0 aromatic heterocycles. The molecule has 0 spiro atoms. The quantitative estimate of drug-likeness (QED) is 0.414. The van der Waals surface area contributed by atoms with Gasteiger partial charge in [-0.1, -0.05) is 65.8 Å². The standard InChI is InChI=1S/C20H21NO5/c22-11-12-23-19-15-24-20(17-9-5-2-6-10-17)26-18(19)13-21-25-14-16-7-3-1-4-8-16/h1-11,13,18-20H,12,14-15H2/b21-13+/t18-,19-,20+/m1/s1. The Balaban J connectivity index is 1.60. The van der Waals surface area contributed by atoms with Crippen LogP contribution >= 0.6 is 0 Å². The third kappa shape index (κ3) is 5.23. The summed E-state index contributed by atoms with van der Waals surface area (Å²) in [5.41, 5.74) is 1.93. The second kappa shape index (κ2) is 9.82. The number of oxime groups is 1. The Morgan fingerprint density at radius 3 is 2.54 bits per heavy atom. The molecule has 6 nitrogen and oxygen atoms in total. The first kappa shape index (κ1) is 18.3. The minimum Gasteiger partial charge on any atom is -0.391 e. The van der Waals surface area contributed by atoms with Crippen LogP contribution < -0.4 is 0 Å². The van der Waals surface area contributed by atoms with Crippen molar-refractivity contribution < 1.29 is 23.8 Å². The van der Waals surface area contributed by atoms with Crippen molar-refractivity contribution in [3.63, 3.8) is 0 Å². The summed E-state index contributed by atoms with van der Waals surface area (Å²) in [6, 6.07) is 19.4. The van der Waals surface area contributed by atoms with Crippen molar-refractivity contribution in [2.24, 2.45) is 5.16 Å². The fraction of sp³-hybridized carbons (Fsp3) is 0.300. The van der Waals surface area contributed by atoms with Gasteiger partial charge in [-0.05, 0) is 5.56 Å². The van der Waals surface area contributed by atoms with Gasteiger partial charge in [-0.25, -0.2) is 0 Å². The fourth-order valence-electron chi connectivity index (χ4n) is 2.56. The summed E-state index contributed by atoms with van der Waals surface area (Å²) in [5, 5.41) is 4.00. The lowest BCUT2D eigenvalue weighted by molar-refractivity contribution is -0.245. The summed E-state index contributed by atoms with van der Waals surface area (Å²) in [5.74, 6) is 0. The van der Waals surface area contributed by atoms with Crippen molar-refractivity contribution in [3.8, 4) is 0 Å². The van der Waals surface area contributed by atoms with Gasteiger partial charge in [0.25, 0.3) is 0 Å². The van der Waals surface area contributed by atoms with Gasteiger partial charge in [0.05, 0.1) is 12.8 Å². The highest BCUT2D eigenvalue weighted by atomic mass is 16.7. The fourth-order valence-corrected chi connectivity index (χ4v) is 2.56. The molecule has 2 aromatic carbocycles. The average Bonchev–Trinajstić information content (AvgIpc) is 2.71. The molecule has 136 valence electrons. The minimum absolute atomic E-state index is 0.0252. The monoisotopic (exact) mass is 355 g/mol. The lowest BCUT2D eigenvalue weighted by Crippen LogP contribution is -2.43. The molecule has 1 fully saturated rings. The molecule has 1 aliphatic rings. The highest BCUT2D eigenvalue weighted by Crippen LogP contribution is 2.27. The van der Waals surface area contributed by atoms with Crippen LogP contribution in [0.4, 0.5) is 0 Å². The van der Waals surface area contributed by atoms with Gasteiger partial charge >= 0.3 is 0 Å². The molecule has 0 unspecified atom stereocenters. The first-order chi connectivity index (χ1) is 12.9. The van der Waals surface area contributed by atoms with Crippen LogP contribution in [0.15, 0.2) is 65.8 Å². The van der Waals surface area contributed by atoms with Crippen LogP contribution in [0.1, 0.15) is 17.4 Å². The number of carbonyl (C=O) groups excluding carboxylic acids is 1. The van der Waals surface area contributed by atoms with Gasteiger partial charge in [-0.15, -0.1) is 0 Å². The molecule has 0 bridgehead atoms. The molecule has 0 saturated carbocycles. The third-order valence-electron chi connectivity index (χ3n) is 3.87. The van der Waals surface area contributed by atoms with Crippen molar-refractivity contribution in [1.29, 1.82) is 0 Å². The molecule has 0 radical (unpaired) electrons. The summed E-state index contributed by atoms with van der Waals surface area (Å²) >= 11 is 0. The van der Waals surface area contributed by atoms with E-state index in [1.54, 1.807) is 6.21 Å². The van der Waals surface area contributed by atoms with Crippen molar-refractivity contribution in [1.82, 2.24) is 0 Å². The summed E-state index contributed by atoms with van der Waals surface area (Å²) in [4.78, 5) is 15.9. The second-order valence-corrected chi connectivity index (χ2v) is 5.73. The molecule has 0 aliphatic carbocycles. The minimum atomic E-state index is -0.516. The van der Waals surface area contributed by atoms with E-state index >= 15 is 0 Å². The summed E-state index contributed by atoms with van der Waals surface area (Å²) < 4.78 is 17.1. The number of rotatable bonds is 8. The van der Waals surface area contributed by atoms with E-state index < -0.39 is 18.5 Å². The Morgan fingerprint density at radius 2 is 1.81 bits per heavy atom. The van der Waals surface area contributed by atoms with E-state index in [4.69, 9.17) is 19.0 Å². The zero-order valence-electron chi connectivity index (χ0n) is 14.3. The van der Waals surface area contributed by atoms with Crippen LogP contribution in [0.2, 0.25) is 0 Å². The molecule has 1 aliphatic heterocycles. The smallest absolute Gasteiger partial charge is 0.184 e. The summed E-state index contributed by atoms with van der Waals surface area (Å²) in [7, 11) is 0. The van der Waals surface area contributed by atoms with Gasteiger partial charge in [-0.3, -0.25) is 0 Å². The van der Waals surface area contributed by atoms with E-state index in [1.165, 1.54) is 0 Å². The van der Waals surface area contributed by atoms with Gasteiger partial charge in [0.2, 0.25) is 0 Å². The molecule has 1 saturated heterocycles. The van der Waals surface area contributed by atoms with Crippen LogP contribution in [0.3, 0.4) is 0 Å². The summed E-state index contributed by atoms with van der Waals surface area (Å²) in [6.45, 7) is 0.633. The summed E-state index contributed by atoms with van der Waals surface area (Å²) in [6.07, 6.45) is 0.826. The van der Waals surface area contributed by atoms with Gasteiger partial charge in [0.1, 0.15) is 31.7 Å². The number of hydrogen-bond donors (Lipinski definition) is 0. The normalized spacial score (nSPS) is 23.0. The lowest BCUT2D eigenvalue weighted by atomic mass is 10.1. The van der Waals surface area contributed by atoms with Gasteiger partial charge in [-0.2, -0.15) is 0 Å². The molecule has 0 N–H and O–H groups in total. The van der Waals surface area contributed by atoms with E-state index in [2.05, 4.69) is 5.16 Å². The zero-order valence-corrected chi connectivity index (χ0v) is 14.3. The van der Waals surface area contributed by atoms with E-state index in [0.29, 0.717) is 19.5 Å². The molecule has 2 aromatic rings. The number of benzene rings is 2. The van der Waals surface area contributed by atoms with Crippen molar-refractivity contribution in [2.45, 2.75) is 25.1 Å². The topological polar surface area (TPSA) is 66.4 Å². The maximum Gasteiger partial charge on any atom is 0.184 e. The molecule has 6 heteroatoms. The zero-order chi connectivity index (χ0) is 18.0. The Bertz CT molecular complexity index is 692. The number of aldehydes is 1. The van der Waals surface area contributed by atoms with E-state index in [0.717, 1.165) is 11.1 Å². The lowest BCUT2D eigenvalue weighted by Gasteiger charge is -2.34. The molecule has 1 heterocycles. The van der Waals surface area contributed by atoms with Gasteiger partial charge in [0.15, 0.2) is 6.29 Å². The van der Waals surface area contributed by atoms with Gasteiger partial charge < -0.3 is 23.8 Å². The first-order valence-corrected chi connectivity index (χ1v) is 8.43. The molecule has 3 rings (SSSR count). The van der Waals surface area contributed by atoms with Crippen molar-refractivity contribution >= 4 is 12.5 Å². The van der Waals surface area contributed by atoms with Crippen LogP contribution in [0.5, 0.6) is 0 Å². The Hall–Kier alpha value is -2.54. The largest absolute Gasteiger partial charge is 0.391 e. The number of carbonyl (C=O) groups is 1. The molecular weight excluding hydrogens is 334 g/mol. The van der Waals surface area contributed by atoms with E-state index in [9.17, 15) is 4.79 Å². The molecule has 3 atom stereocenters. The average molecular weight is 355 g/mol. The van der Waals surface area contributed by atoms with Gasteiger partial charge in [0, 0.05) is 5.56 Å². The predicted molar refractivity (Wildman–Crippen MR) is 95.5 cm³/mol. The second-order valence-electron chi connectivity index (χ2n) is 5.73. The third-order valence-corrected chi connectivity index (χ3v) is 3.87. The highest BCUT2D eigenvalue weighted by molar-refractivity contribution is 5.63. The number of ether oxygens (including phenoxy) is 3. The van der Waals surface area contributed by atoms with Crippen molar-refractivity contribution in [2.75, 3.05) is 13.2 Å². The van der Waals surface area contributed by atoms with Crippen LogP contribution in [0.25, 0.3) is 0 Å². The Morgan fingerprint density at radius 1 is 1.08 bits per heavy atom. The highest BCUT2D eigenvalue weighted by Gasteiger charge is 2.32. The Kier molecular flexibility index (Phi) is 6.89. The predicted octanol–water partition coefficient (Wildman–Crippen LogP) is 2.89. The SMILES string of the molecule is O=CCO[C@@H]1CO[C@H](c2ccccc2)O[C@@H]1/C=N/OCc1ccccc1. The molecule has 26 heavy (non-hydrogen) atoms. The van der Waals surface area contributed by atoms with Crippen molar-refractivity contribution in [3.05, 3.63) is 71.8 Å². The molecule has 0 amide bonds. The maximum absolute atomic E-state index is 10.6. The van der Waals surface area contributed by atoms with Crippen LogP contribution in [-0.4, -0.2) is 37.9 Å². The maximum atomic E-state index is 10.6. The Labute approximate surface area is 152 Å².